The predicted octanol–water partition coefficient (Wildman–Crippen LogP) is 7.69. The molecule has 2 unspecified atom stereocenters. The topological polar surface area (TPSA) is 72.5 Å². The van der Waals surface area contributed by atoms with Crippen molar-refractivity contribution in [2.24, 2.45) is 0 Å². The van der Waals surface area contributed by atoms with E-state index in [1.165, 1.54) is 83.5 Å². The zero-order valence-electron chi connectivity index (χ0n) is 22.2. The third-order valence-corrected chi connectivity index (χ3v) is 7.65. The minimum absolute atomic E-state index is 0.0226. The van der Waals surface area contributed by atoms with Gasteiger partial charge in [0.15, 0.2) is 0 Å². The maximum atomic E-state index is 12.1. The van der Waals surface area contributed by atoms with Crippen LogP contribution in [0.5, 0.6) is 0 Å². The van der Waals surface area contributed by atoms with Gasteiger partial charge in [-0.3, -0.25) is 9.05 Å². The third kappa shape index (κ3) is 23.2. The second-order valence-electron chi connectivity index (χ2n) is 9.27. The maximum Gasteiger partial charge on any atom is 0.424 e. The second-order valence-corrected chi connectivity index (χ2v) is 11.9. The van der Waals surface area contributed by atoms with Crippen LogP contribution in [0, 0.1) is 0 Å². The Bertz CT molecular complexity index is 498. The Labute approximate surface area is 219 Å². The zero-order chi connectivity index (χ0) is 25.3. The van der Waals surface area contributed by atoms with Gasteiger partial charge in [0.2, 0.25) is 0 Å². The van der Waals surface area contributed by atoms with Crippen molar-refractivity contribution in [1.29, 1.82) is 0 Å². The van der Waals surface area contributed by atoms with Gasteiger partial charge in [0, 0.05) is 11.2 Å². The fourth-order valence-electron chi connectivity index (χ4n) is 4.04. The minimum atomic E-state index is -3.61. The summed E-state index contributed by atoms with van der Waals surface area (Å²) in [4.78, 5) is 0. The van der Waals surface area contributed by atoms with Crippen LogP contribution in [0.1, 0.15) is 103 Å². The summed E-state index contributed by atoms with van der Waals surface area (Å²) in [6.07, 6.45) is 19.7. The molecule has 0 aromatic rings. The lowest BCUT2D eigenvalue weighted by Crippen LogP contribution is -2.23. The van der Waals surface area contributed by atoms with E-state index in [2.05, 4.69) is 6.92 Å². The van der Waals surface area contributed by atoms with Crippen molar-refractivity contribution in [3.05, 3.63) is 0 Å². The number of hydrogen-bond acceptors (Lipinski definition) is 7. The summed E-state index contributed by atoms with van der Waals surface area (Å²) < 4.78 is 44.8. The van der Waals surface area contributed by atoms with Crippen LogP contribution in [0.4, 0.5) is 0 Å². The molecule has 1 heterocycles. The smallest absolute Gasteiger partial charge is 0.377 e. The highest BCUT2D eigenvalue weighted by Crippen LogP contribution is 2.53. The average molecular weight is 543 g/mol. The molecule has 35 heavy (non-hydrogen) atoms. The van der Waals surface area contributed by atoms with Crippen molar-refractivity contribution in [3.63, 3.8) is 0 Å². The molecule has 1 aliphatic rings. The van der Waals surface area contributed by atoms with E-state index in [1.807, 2.05) is 0 Å². The van der Waals surface area contributed by atoms with E-state index in [4.69, 9.17) is 39.2 Å². The van der Waals surface area contributed by atoms with Gasteiger partial charge in [-0.15, -0.1) is 0 Å². The standard InChI is InChI=1S/C26H52ClO7P/c1-2-3-4-5-6-7-8-9-10-11-12-13-14-15-16-26-25-31-20-19-29-17-18-30-21-23-33-35(27,28)34-24-22-32-26/h26H,2-25H2,1H3. The number of rotatable bonds is 15. The summed E-state index contributed by atoms with van der Waals surface area (Å²) in [5, 5.41) is 0. The molecule has 2 atom stereocenters. The van der Waals surface area contributed by atoms with Crippen LogP contribution in [0.25, 0.3) is 0 Å². The fraction of sp³-hybridized carbons (Fsp3) is 1.00. The van der Waals surface area contributed by atoms with Crippen LogP contribution < -0.4 is 0 Å². The highest BCUT2D eigenvalue weighted by atomic mass is 35.7. The van der Waals surface area contributed by atoms with E-state index in [1.54, 1.807) is 0 Å². The van der Waals surface area contributed by atoms with Gasteiger partial charge >= 0.3 is 6.95 Å². The van der Waals surface area contributed by atoms with E-state index in [0.29, 0.717) is 39.6 Å². The molecule has 1 aliphatic heterocycles. The van der Waals surface area contributed by atoms with Gasteiger partial charge in [-0.2, -0.15) is 0 Å². The average Bonchev–Trinajstić information content (AvgIpc) is 2.84. The Morgan fingerprint density at radius 2 is 1.03 bits per heavy atom. The first-order chi connectivity index (χ1) is 17.1. The maximum absolute atomic E-state index is 12.1. The first-order valence-corrected chi connectivity index (χ1v) is 16.5. The molecule has 0 spiro atoms. The molecule has 210 valence electrons. The number of unbranched alkanes of at least 4 members (excludes halogenated alkanes) is 13. The van der Waals surface area contributed by atoms with Crippen LogP contribution in [-0.4, -0.2) is 65.6 Å². The Hall–Kier alpha value is 0.280. The fourth-order valence-corrected chi connectivity index (χ4v) is 5.11. The largest absolute Gasteiger partial charge is 0.424 e. The molecule has 0 aromatic carbocycles. The number of ether oxygens (including phenoxy) is 4. The molecule has 7 nitrogen and oxygen atoms in total. The molecule has 0 amide bonds. The van der Waals surface area contributed by atoms with Gasteiger partial charge in [0.1, 0.15) is 0 Å². The van der Waals surface area contributed by atoms with E-state index < -0.39 is 6.95 Å². The van der Waals surface area contributed by atoms with E-state index in [0.717, 1.165) is 12.8 Å². The van der Waals surface area contributed by atoms with E-state index in [9.17, 15) is 4.57 Å². The molecule has 0 saturated carbocycles. The van der Waals surface area contributed by atoms with Gasteiger partial charge in [-0.1, -0.05) is 96.8 Å². The molecule has 1 rings (SSSR count). The van der Waals surface area contributed by atoms with Crippen LogP contribution in [0.2, 0.25) is 0 Å². The summed E-state index contributed by atoms with van der Waals surface area (Å²) >= 11 is 5.82. The molecule has 1 fully saturated rings. The summed E-state index contributed by atoms with van der Waals surface area (Å²) in [6, 6.07) is 0. The first kappa shape index (κ1) is 33.3. The lowest BCUT2D eigenvalue weighted by atomic mass is 10.0. The number of halogens is 1. The lowest BCUT2D eigenvalue weighted by Gasteiger charge is -2.19. The molecular weight excluding hydrogens is 491 g/mol. The Morgan fingerprint density at radius 3 is 1.57 bits per heavy atom. The van der Waals surface area contributed by atoms with Crippen LogP contribution >= 0.6 is 18.2 Å². The van der Waals surface area contributed by atoms with Crippen molar-refractivity contribution in [3.8, 4) is 0 Å². The van der Waals surface area contributed by atoms with E-state index >= 15 is 0 Å². The van der Waals surface area contributed by atoms with Crippen molar-refractivity contribution in [2.75, 3.05) is 59.5 Å². The zero-order valence-corrected chi connectivity index (χ0v) is 23.9. The SMILES string of the molecule is CCCCCCCCCCCCCCCCC1COCCOCCOCCOP(=O)(Cl)OCCO1. The van der Waals surface area contributed by atoms with Crippen molar-refractivity contribution >= 4 is 18.2 Å². The molecule has 0 aliphatic carbocycles. The summed E-state index contributed by atoms with van der Waals surface area (Å²) in [7, 11) is 0. The van der Waals surface area contributed by atoms with Crippen molar-refractivity contribution < 1.29 is 32.6 Å². The Kier molecular flexibility index (Phi) is 23.4. The monoisotopic (exact) mass is 542 g/mol. The quantitative estimate of drug-likeness (QED) is 0.155. The van der Waals surface area contributed by atoms with E-state index in [-0.39, 0.29) is 25.9 Å². The van der Waals surface area contributed by atoms with Gasteiger partial charge in [0.05, 0.1) is 65.6 Å². The molecule has 0 N–H and O–H groups in total. The Balaban J connectivity index is 2.11. The summed E-state index contributed by atoms with van der Waals surface area (Å²) in [5.41, 5.74) is 0. The highest BCUT2D eigenvalue weighted by molar-refractivity contribution is 7.81. The molecular formula is C26H52ClO7P. The van der Waals surface area contributed by atoms with Gasteiger partial charge in [-0.25, -0.2) is 4.57 Å². The van der Waals surface area contributed by atoms with Gasteiger partial charge in [-0.05, 0) is 6.42 Å². The summed E-state index contributed by atoms with van der Waals surface area (Å²) in [5.74, 6) is 0. The van der Waals surface area contributed by atoms with Crippen molar-refractivity contribution in [2.45, 2.75) is 109 Å². The highest BCUT2D eigenvalue weighted by Gasteiger charge is 2.21. The van der Waals surface area contributed by atoms with Crippen LogP contribution in [0.3, 0.4) is 0 Å². The van der Waals surface area contributed by atoms with Crippen LogP contribution in [-0.2, 0) is 32.6 Å². The Morgan fingerprint density at radius 1 is 0.600 bits per heavy atom. The lowest BCUT2D eigenvalue weighted by molar-refractivity contribution is -0.0441. The van der Waals surface area contributed by atoms with Crippen molar-refractivity contribution in [1.82, 2.24) is 0 Å². The van der Waals surface area contributed by atoms with Gasteiger partial charge < -0.3 is 18.9 Å². The second kappa shape index (κ2) is 24.6. The predicted molar refractivity (Wildman–Crippen MR) is 142 cm³/mol. The van der Waals surface area contributed by atoms with Crippen LogP contribution in [0.15, 0.2) is 0 Å². The molecule has 9 heteroatoms. The first-order valence-electron chi connectivity index (χ1n) is 14.1. The number of hydrogen-bond donors (Lipinski definition) is 0. The summed E-state index contributed by atoms with van der Waals surface area (Å²) in [6.45, 7) is 1.89. The molecule has 1 saturated heterocycles. The molecule has 0 bridgehead atoms. The minimum Gasteiger partial charge on any atom is -0.377 e. The molecule has 0 radical (unpaired) electrons. The third-order valence-electron chi connectivity index (χ3n) is 6.08. The van der Waals surface area contributed by atoms with Gasteiger partial charge in [0.25, 0.3) is 0 Å². The normalized spacial score (nSPS) is 24.2. The molecule has 0 aromatic heterocycles.